The molecule has 2 aromatic carbocycles. The second-order valence-corrected chi connectivity index (χ2v) is 7.75. The molecular weight excluding hydrogens is 376 g/mol. The molecule has 152 valence electrons. The zero-order chi connectivity index (χ0) is 20.3. The van der Waals surface area contributed by atoms with Crippen molar-refractivity contribution in [1.29, 1.82) is 0 Å². The molecule has 6 nitrogen and oxygen atoms in total. The largest absolute Gasteiger partial charge is 0.381 e. The number of carbonyl (C=O) groups is 1. The SMILES string of the molecule is O=C(NC1CCOCC1)c1ccc(N2CCc3cc(-c4ccccc4)ccc32)nn1. The van der Waals surface area contributed by atoms with E-state index in [0.29, 0.717) is 18.9 Å². The van der Waals surface area contributed by atoms with Gasteiger partial charge in [0.25, 0.3) is 5.91 Å². The number of hydrogen-bond donors (Lipinski definition) is 1. The summed E-state index contributed by atoms with van der Waals surface area (Å²) in [7, 11) is 0. The zero-order valence-corrected chi connectivity index (χ0v) is 16.8. The average Bonchev–Trinajstić information content (AvgIpc) is 3.24. The Balaban J connectivity index is 1.31. The van der Waals surface area contributed by atoms with Gasteiger partial charge in [0.2, 0.25) is 0 Å². The molecule has 3 heterocycles. The molecule has 1 N–H and O–H groups in total. The Morgan fingerprint density at radius 3 is 2.57 bits per heavy atom. The topological polar surface area (TPSA) is 67.3 Å². The van der Waals surface area contributed by atoms with Crippen LogP contribution in [0.15, 0.2) is 60.7 Å². The number of rotatable bonds is 4. The Kier molecular flexibility index (Phi) is 5.15. The first-order valence-corrected chi connectivity index (χ1v) is 10.5. The van der Waals surface area contributed by atoms with Crippen LogP contribution in [-0.4, -0.2) is 41.9 Å². The Labute approximate surface area is 175 Å². The van der Waals surface area contributed by atoms with Gasteiger partial charge in [-0.2, -0.15) is 0 Å². The molecular formula is C24H24N4O2. The maximum Gasteiger partial charge on any atom is 0.272 e. The van der Waals surface area contributed by atoms with E-state index in [1.165, 1.54) is 16.7 Å². The maximum absolute atomic E-state index is 12.4. The summed E-state index contributed by atoms with van der Waals surface area (Å²) < 4.78 is 5.34. The minimum atomic E-state index is -0.171. The van der Waals surface area contributed by atoms with Crippen molar-refractivity contribution in [2.24, 2.45) is 0 Å². The molecule has 0 unspecified atom stereocenters. The third-order valence-corrected chi connectivity index (χ3v) is 5.80. The summed E-state index contributed by atoms with van der Waals surface area (Å²) >= 11 is 0. The van der Waals surface area contributed by atoms with Crippen molar-refractivity contribution in [2.75, 3.05) is 24.7 Å². The number of fused-ring (bicyclic) bond motifs is 1. The van der Waals surface area contributed by atoms with Crippen LogP contribution >= 0.6 is 0 Å². The lowest BCUT2D eigenvalue weighted by atomic mass is 10.0. The predicted molar refractivity (Wildman–Crippen MR) is 116 cm³/mol. The molecule has 0 spiro atoms. The highest BCUT2D eigenvalue weighted by atomic mass is 16.5. The molecule has 2 aliphatic heterocycles. The van der Waals surface area contributed by atoms with E-state index in [9.17, 15) is 4.79 Å². The van der Waals surface area contributed by atoms with Crippen molar-refractivity contribution in [3.05, 3.63) is 71.9 Å². The molecule has 0 saturated carbocycles. The molecule has 5 rings (SSSR count). The number of nitrogens with one attached hydrogen (secondary N) is 1. The molecule has 2 aliphatic rings. The Bertz CT molecular complexity index is 1030. The number of aromatic nitrogens is 2. The minimum absolute atomic E-state index is 0.150. The summed E-state index contributed by atoms with van der Waals surface area (Å²) in [6.07, 6.45) is 2.64. The monoisotopic (exact) mass is 400 g/mol. The van der Waals surface area contributed by atoms with E-state index in [1.807, 2.05) is 12.1 Å². The number of benzene rings is 2. The Morgan fingerprint density at radius 1 is 0.967 bits per heavy atom. The summed E-state index contributed by atoms with van der Waals surface area (Å²) in [4.78, 5) is 14.6. The molecule has 6 heteroatoms. The van der Waals surface area contributed by atoms with Crippen LogP contribution in [0.1, 0.15) is 28.9 Å². The van der Waals surface area contributed by atoms with Gasteiger partial charge in [0, 0.05) is 31.5 Å². The van der Waals surface area contributed by atoms with E-state index in [2.05, 4.69) is 62.9 Å². The smallest absolute Gasteiger partial charge is 0.272 e. The zero-order valence-electron chi connectivity index (χ0n) is 16.8. The number of nitrogens with zero attached hydrogens (tertiary/aromatic N) is 3. The third kappa shape index (κ3) is 3.78. The summed E-state index contributed by atoms with van der Waals surface area (Å²) in [5.41, 5.74) is 5.26. The molecule has 1 saturated heterocycles. The van der Waals surface area contributed by atoms with Gasteiger partial charge in [0.1, 0.15) is 0 Å². The lowest BCUT2D eigenvalue weighted by Gasteiger charge is -2.23. The van der Waals surface area contributed by atoms with Crippen LogP contribution in [0.3, 0.4) is 0 Å². The van der Waals surface area contributed by atoms with Gasteiger partial charge >= 0.3 is 0 Å². The fraction of sp³-hybridized carbons (Fsp3) is 0.292. The normalized spacial score (nSPS) is 16.3. The summed E-state index contributed by atoms with van der Waals surface area (Å²) in [5, 5.41) is 11.6. The minimum Gasteiger partial charge on any atom is -0.381 e. The van der Waals surface area contributed by atoms with E-state index in [0.717, 1.165) is 37.3 Å². The van der Waals surface area contributed by atoms with Gasteiger partial charge in [0.05, 0.1) is 0 Å². The van der Waals surface area contributed by atoms with Crippen LogP contribution < -0.4 is 10.2 Å². The first kappa shape index (κ1) is 18.8. The van der Waals surface area contributed by atoms with Crippen molar-refractivity contribution in [3.8, 4) is 11.1 Å². The Morgan fingerprint density at radius 2 is 1.80 bits per heavy atom. The van der Waals surface area contributed by atoms with E-state index in [4.69, 9.17) is 4.74 Å². The summed E-state index contributed by atoms with van der Waals surface area (Å²) in [6, 6.07) is 20.8. The van der Waals surface area contributed by atoms with Crippen molar-refractivity contribution in [3.63, 3.8) is 0 Å². The lowest BCUT2D eigenvalue weighted by Crippen LogP contribution is -2.39. The quantitative estimate of drug-likeness (QED) is 0.723. The average molecular weight is 400 g/mol. The molecule has 0 aliphatic carbocycles. The second kappa shape index (κ2) is 8.24. The van der Waals surface area contributed by atoms with Gasteiger partial charge < -0.3 is 15.0 Å². The van der Waals surface area contributed by atoms with Crippen molar-refractivity contribution in [1.82, 2.24) is 15.5 Å². The summed E-state index contributed by atoms with van der Waals surface area (Å²) in [5.74, 6) is 0.596. The van der Waals surface area contributed by atoms with Crippen LogP contribution in [0.5, 0.6) is 0 Å². The molecule has 0 bridgehead atoms. The molecule has 0 atom stereocenters. The van der Waals surface area contributed by atoms with Crippen LogP contribution in [0.25, 0.3) is 11.1 Å². The fourth-order valence-electron chi connectivity index (χ4n) is 4.14. The van der Waals surface area contributed by atoms with Crippen LogP contribution in [-0.2, 0) is 11.2 Å². The summed E-state index contributed by atoms with van der Waals surface area (Å²) in [6.45, 7) is 2.24. The highest BCUT2D eigenvalue weighted by Crippen LogP contribution is 2.36. The molecule has 3 aromatic rings. The van der Waals surface area contributed by atoms with Crippen molar-refractivity contribution >= 4 is 17.4 Å². The molecule has 30 heavy (non-hydrogen) atoms. The molecule has 1 aromatic heterocycles. The molecule has 0 radical (unpaired) electrons. The number of ether oxygens (including phenoxy) is 1. The lowest BCUT2D eigenvalue weighted by molar-refractivity contribution is 0.0693. The van der Waals surface area contributed by atoms with Crippen molar-refractivity contribution in [2.45, 2.75) is 25.3 Å². The number of hydrogen-bond acceptors (Lipinski definition) is 5. The first-order chi connectivity index (χ1) is 14.8. The van der Waals surface area contributed by atoms with Gasteiger partial charge in [-0.25, -0.2) is 0 Å². The Hall–Kier alpha value is -3.25. The van der Waals surface area contributed by atoms with Gasteiger partial charge in [-0.3, -0.25) is 4.79 Å². The molecule has 1 fully saturated rings. The van der Waals surface area contributed by atoms with E-state index >= 15 is 0 Å². The van der Waals surface area contributed by atoms with E-state index < -0.39 is 0 Å². The number of carbonyl (C=O) groups excluding carboxylic acids is 1. The number of amides is 1. The second-order valence-electron chi connectivity index (χ2n) is 7.75. The highest BCUT2D eigenvalue weighted by molar-refractivity contribution is 5.92. The molecule has 1 amide bonds. The fourth-order valence-corrected chi connectivity index (χ4v) is 4.14. The van der Waals surface area contributed by atoms with Crippen LogP contribution in [0, 0.1) is 0 Å². The van der Waals surface area contributed by atoms with Crippen LogP contribution in [0.4, 0.5) is 11.5 Å². The van der Waals surface area contributed by atoms with Crippen LogP contribution in [0.2, 0.25) is 0 Å². The van der Waals surface area contributed by atoms with Gasteiger partial charge in [-0.05, 0) is 60.2 Å². The highest BCUT2D eigenvalue weighted by Gasteiger charge is 2.23. The maximum atomic E-state index is 12.4. The third-order valence-electron chi connectivity index (χ3n) is 5.80. The standard InChI is InChI=1S/C24H24N4O2/c29-24(25-20-11-14-30-15-12-20)21-7-9-23(27-26-21)28-13-10-19-16-18(6-8-22(19)28)17-4-2-1-3-5-17/h1-9,16,20H,10-15H2,(H,25,29). The van der Waals surface area contributed by atoms with Gasteiger partial charge in [-0.15, -0.1) is 10.2 Å². The van der Waals surface area contributed by atoms with E-state index in [-0.39, 0.29) is 11.9 Å². The first-order valence-electron chi connectivity index (χ1n) is 10.5. The number of anilines is 2. The van der Waals surface area contributed by atoms with Crippen molar-refractivity contribution < 1.29 is 9.53 Å². The van der Waals surface area contributed by atoms with E-state index in [1.54, 1.807) is 6.07 Å². The predicted octanol–water partition coefficient (Wildman–Crippen LogP) is 3.75. The van der Waals surface area contributed by atoms with Gasteiger partial charge in [0.15, 0.2) is 11.5 Å². The van der Waals surface area contributed by atoms with Gasteiger partial charge in [-0.1, -0.05) is 36.4 Å².